The van der Waals surface area contributed by atoms with E-state index in [2.05, 4.69) is 15.7 Å². The molecule has 0 radical (unpaired) electrons. The molecule has 4 fully saturated rings. The summed E-state index contributed by atoms with van der Waals surface area (Å²) in [6.07, 6.45) is 11.6. The maximum absolute atomic E-state index is 13.6. The van der Waals surface area contributed by atoms with E-state index in [0.717, 1.165) is 23.1 Å². The van der Waals surface area contributed by atoms with Gasteiger partial charge in [-0.05, 0) is 81.1 Å². The van der Waals surface area contributed by atoms with Crippen LogP contribution in [0.25, 0.3) is 17.5 Å². The van der Waals surface area contributed by atoms with E-state index in [1.54, 1.807) is 17.1 Å². The predicted molar refractivity (Wildman–Crippen MR) is 133 cm³/mol. The number of amides is 2. The normalized spacial score (nSPS) is 32.4. The standard InChI is InChI=1S/C28H34N4O3/c1-27(2,31-26(34)35-3)9-10-32-24(19-7-5-4-6-8-19)20(16-29-32)25(33)30-23-21-12-17-11-18-13-22(23)28(21,14-17)15-18/h4-10,16-18,21-23H,11-15H2,1-3H3,(H,30,33)(H,31,34)/b10-9+. The first kappa shape index (κ1) is 22.4. The lowest BCUT2D eigenvalue weighted by atomic mass is 9.52. The van der Waals surface area contributed by atoms with Gasteiger partial charge < -0.3 is 15.4 Å². The monoisotopic (exact) mass is 474 g/mol. The molecular weight excluding hydrogens is 440 g/mol. The van der Waals surface area contributed by atoms with Crippen molar-refractivity contribution in [1.82, 2.24) is 20.4 Å². The lowest BCUT2D eigenvalue weighted by Crippen LogP contribution is -2.62. The third-order valence-electron chi connectivity index (χ3n) is 9.15. The van der Waals surface area contributed by atoms with Crippen LogP contribution in [0.5, 0.6) is 0 Å². The second-order valence-corrected chi connectivity index (χ2v) is 11.7. The Bertz CT molecular complexity index is 1160. The first-order valence-electron chi connectivity index (χ1n) is 12.8. The van der Waals surface area contributed by atoms with Gasteiger partial charge in [-0.15, -0.1) is 0 Å². The summed E-state index contributed by atoms with van der Waals surface area (Å²) in [5.74, 6) is 3.01. The number of nitrogens with zero attached hydrogens (tertiary/aromatic N) is 2. The van der Waals surface area contributed by atoms with Crippen LogP contribution in [0.4, 0.5) is 4.79 Å². The molecule has 2 N–H and O–H groups in total. The fourth-order valence-corrected chi connectivity index (χ4v) is 7.96. The van der Waals surface area contributed by atoms with Gasteiger partial charge in [0, 0.05) is 17.8 Å². The molecule has 35 heavy (non-hydrogen) atoms. The van der Waals surface area contributed by atoms with Gasteiger partial charge in [-0.2, -0.15) is 5.10 Å². The Morgan fingerprint density at radius 1 is 1.11 bits per heavy atom. The number of hydrogen-bond acceptors (Lipinski definition) is 4. The molecule has 2 amide bonds. The molecular formula is C28H34N4O3. The van der Waals surface area contributed by atoms with Crippen molar-refractivity contribution in [2.75, 3.05) is 7.11 Å². The van der Waals surface area contributed by atoms with Gasteiger partial charge in [0.05, 0.1) is 30.1 Å². The molecule has 1 spiro atoms. The van der Waals surface area contributed by atoms with E-state index in [4.69, 9.17) is 4.74 Å². The molecule has 6 rings (SSSR count). The Morgan fingerprint density at radius 2 is 1.80 bits per heavy atom. The molecule has 4 saturated carbocycles. The number of fused-ring (bicyclic) bond motifs is 2. The fraction of sp³-hybridized carbons (Fsp3) is 0.536. The van der Waals surface area contributed by atoms with Crippen LogP contribution >= 0.6 is 0 Å². The zero-order chi connectivity index (χ0) is 24.4. The summed E-state index contributed by atoms with van der Waals surface area (Å²) in [5.41, 5.74) is 2.12. The zero-order valence-corrected chi connectivity index (χ0v) is 20.7. The van der Waals surface area contributed by atoms with E-state index in [1.165, 1.54) is 39.2 Å². The van der Waals surface area contributed by atoms with Crippen LogP contribution < -0.4 is 10.6 Å². The number of hydrogen-bond donors (Lipinski definition) is 2. The molecule has 2 aromatic rings. The van der Waals surface area contributed by atoms with E-state index in [1.807, 2.05) is 50.3 Å². The van der Waals surface area contributed by atoms with E-state index in [0.29, 0.717) is 28.9 Å². The lowest BCUT2D eigenvalue weighted by Gasteiger charge is -2.56. The van der Waals surface area contributed by atoms with Gasteiger partial charge in [0.1, 0.15) is 0 Å². The first-order chi connectivity index (χ1) is 16.8. The van der Waals surface area contributed by atoms with Crippen LogP contribution in [0.3, 0.4) is 0 Å². The highest BCUT2D eigenvalue weighted by atomic mass is 16.5. The number of ether oxygens (including phenoxy) is 1. The summed E-state index contributed by atoms with van der Waals surface area (Å²) < 4.78 is 6.45. The molecule has 1 aromatic carbocycles. The van der Waals surface area contributed by atoms with E-state index < -0.39 is 11.6 Å². The van der Waals surface area contributed by atoms with Crippen molar-refractivity contribution in [3.8, 4) is 11.3 Å². The van der Waals surface area contributed by atoms with Crippen molar-refractivity contribution in [2.24, 2.45) is 29.1 Å². The third-order valence-corrected chi connectivity index (χ3v) is 9.15. The number of carbonyl (C=O) groups excluding carboxylic acids is 2. The SMILES string of the molecule is COC(=O)NC(C)(C)/C=C/n1ncc(C(=O)NC2C3CC4CC5CC2C3(C4)C5)c1-c1ccccc1. The van der Waals surface area contributed by atoms with Gasteiger partial charge in [-0.1, -0.05) is 30.3 Å². The van der Waals surface area contributed by atoms with Crippen molar-refractivity contribution in [1.29, 1.82) is 0 Å². The molecule has 1 aromatic heterocycles. The van der Waals surface area contributed by atoms with Crippen LogP contribution in [0.15, 0.2) is 42.6 Å². The smallest absolute Gasteiger partial charge is 0.407 e. The third kappa shape index (κ3) is 3.58. The van der Waals surface area contributed by atoms with Crippen LogP contribution in [-0.2, 0) is 4.74 Å². The highest BCUT2D eigenvalue weighted by molar-refractivity contribution is 6.00. The molecule has 4 aliphatic carbocycles. The van der Waals surface area contributed by atoms with Crippen molar-refractivity contribution in [2.45, 2.75) is 57.5 Å². The van der Waals surface area contributed by atoms with Crippen molar-refractivity contribution >= 4 is 18.2 Å². The minimum Gasteiger partial charge on any atom is -0.453 e. The maximum Gasteiger partial charge on any atom is 0.407 e. The molecule has 4 atom stereocenters. The highest BCUT2D eigenvalue weighted by Crippen LogP contribution is 2.75. The summed E-state index contributed by atoms with van der Waals surface area (Å²) in [6, 6.07) is 10.2. The molecule has 184 valence electrons. The quantitative estimate of drug-likeness (QED) is 0.635. The van der Waals surface area contributed by atoms with E-state index in [9.17, 15) is 9.59 Å². The molecule has 7 nitrogen and oxygen atoms in total. The van der Waals surface area contributed by atoms with Crippen LogP contribution in [0.1, 0.15) is 56.3 Å². The van der Waals surface area contributed by atoms with E-state index >= 15 is 0 Å². The second kappa shape index (κ2) is 7.97. The average Bonchev–Trinajstić information content (AvgIpc) is 3.44. The number of methoxy groups -OCH3 is 1. The summed E-state index contributed by atoms with van der Waals surface area (Å²) in [7, 11) is 1.34. The minimum absolute atomic E-state index is 0.0403. The van der Waals surface area contributed by atoms with Gasteiger partial charge in [-0.3, -0.25) is 4.79 Å². The largest absolute Gasteiger partial charge is 0.453 e. The van der Waals surface area contributed by atoms with Gasteiger partial charge >= 0.3 is 6.09 Å². The van der Waals surface area contributed by atoms with Gasteiger partial charge in [0.15, 0.2) is 0 Å². The number of alkyl carbamates (subject to hydrolysis) is 1. The second-order valence-electron chi connectivity index (χ2n) is 11.7. The number of rotatable bonds is 6. The average molecular weight is 475 g/mol. The van der Waals surface area contributed by atoms with Gasteiger partial charge in [0.2, 0.25) is 0 Å². The Kier molecular flexibility index (Phi) is 5.09. The van der Waals surface area contributed by atoms with Crippen molar-refractivity contribution < 1.29 is 14.3 Å². The van der Waals surface area contributed by atoms with E-state index in [-0.39, 0.29) is 5.91 Å². The topological polar surface area (TPSA) is 85.2 Å². The summed E-state index contributed by atoms with van der Waals surface area (Å²) in [5, 5.41) is 10.8. The predicted octanol–water partition coefficient (Wildman–Crippen LogP) is 4.71. The molecule has 4 aliphatic rings. The molecule has 3 bridgehead atoms. The number of carbonyl (C=O) groups is 2. The Hall–Kier alpha value is -3.09. The minimum atomic E-state index is -0.656. The number of aromatic nitrogens is 2. The highest BCUT2D eigenvalue weighted by Gasteiger charge is 2.71. The Morgan fingerprint density at radius 3 is 2.46 bits per heavy atom. The van der Waals surface area contributed by atoms with Crippen molar-refractivity contribution in [3.63, 3.8) is 0 Å². The van der Waals surface area contributed by atoms with Crippen LogP contribution in [-0.4, -0.2) is 40.5 Å². The lowest BCUT2D eigenvalue weighted by molar-refractivity contribution is -0.0417. The first-order valence-corrected chi connectivity index (χ1v) is 12.8. The summed E-state index contributed by atoms with van der Waals surface area (Å²) >= 11 is 0. The Labute approximate surface area is 206 Å². The van der Waals surface area contributed by atoms with Crippen molar-refractivity contribution in [3.05, 3.63) is 48.2 Å². The summed E-state index contributed by atoms with van der Waals surface area (Å²) in [4.78, 5) is 25.3. The molecule has 0 saturated heterocycles. The van der Waals surface area contributed by atoms with Crippen LogP contribution in [0.2, 0.25) is 0 Å². The summed E-state index contributed by atoms with van der Waals surface area (Å²) in [6.45, 7) is 3.74. The number of benzene rings is 1. The zero-order valence-electron chi connectivity index (χ0n) is 20.7. The molecule has 4 unspecified atom stereocenters. The molecule has 7 heteroatoms. The van der Waals surface area contributed by atoms with Gasteiger partial charge in [-0.25, -0.2) is 9.48 Å². The van der Waals surface area contributed by atoms with Crippen LogP contribution in [0, 0.1) is 29.1 Å². The maximum atomic E-state index is 13.6. The number of nitrogens with one attached hydrogen (secondary N) is 2. The fourth-order valence-electron chi connectivity index (χ4n) is 7.96. The Balaban J connectivity index is 1.27. The van der Waals surface area contributed by atoms with Gasteiger partial charge in [0.25, 0.3) is 5.91 Å². The molecule has 1 heterocycles. The molecule has 0 aliphatic heterocycles.